The van der Waals surface area contributed by atoms with E-state index in [2.05, 4.69) is 40.4 Å². The van der Waals surface area contributed by atoms with Crippen LogP contribution in [0, 0.1) is 10.1 Å². The molecular formula is C20H18N4O2. The van der Waals surface area contributed by atoms with E-state index in [1.165, 1.54) is 28.8 Å². The molecule has 1 aliphatic rings. The van der Waals surface area contributed by atoms with E-state index in [1.807, 2.05) is 12.1 Å². The third-order valence-corrected chi connectivity index (χ3v) is 4.73. The number of benzene rings is 3. The second-order valence-corrected chi connectivity index (χ2v) is 6.45. The van der Waals surface area contributed by atoms with Gasteiger partial charge in [-0.2, -0.15) is 5.11 Å². The number of fused-ring (bicyclic) bond motifs is 3. The molecule has 0 N–H and O–H groups in total. The maximum absolute atomic E-state index is 10.7. The molecule has 0 amide bonds. The highest BCUT2D eigenvalue weighted by Gasteiger charge is 2.18. The molecule has 0 radical (unpaired) electrons. The van der Waals surface area contributed by atoms with Gasteiger partial charge in [0.15, 0.2) is 0 Å². The summed E-state index contributed by atoms with van der Waals surface area (Å²) in [6.45, 7) is 1.06. The molecule has 0 unspecified atom stereocenters. The van der Waals surface area contributed by atoms with E-state index in [0.717, 1.165) is 30.5 Å². The van der Waals surface area contributed by atoms with Crippen molar-refractivity contribution in [1.82, 2.24) is 0 Å². The lowest BCUT2D eigenvalue weighted by Gasteiger charge is -2.29. The van der Waals surface area contributed by atoms with E-state index >= 15 is 0 Å². The molecule has 4 rings (SSSR count). The average Bonchev–Trinajstić information content (AvgIpc) is 2.66. The van der Waals surface area contributed by atoms with Crippen molar-refractivity contribution in [3.63, 3.8) is 0 Å². The Labute approximate surface area is 150 Å². The Kier molecular flexibility index (Phi) is 4.08. The van der Waals surface area contributed by atoms with E-state index in [9.17, 15) is 10.1 Å². The van der Waals surface area contributed by atoms with Crippen LogP contribution in [-0.4, -0.2) is 18.5 Å². The normalized spacial score (nSPS) is 14.0. The topological polar surface area (TPSA) is 71.1 Å². The van der Waals surface area contributed by atoms with Crippen molar-refractivity contribution in [3.8, 4) is 0 Å². The Morgan fingerprint density at radius 3 is 2.50 bits per heavy atom. The number of nitro groups is 1. The van der Waals surface area contributed by atoms with Crippen LogP contribution >= 0.6 is 0 Å². The van der Waals surface area contributed by atoms with Gasteiger partial charge in [-0.15, -0.1) is 5.11 Å². The highest BCUT2D eigenvalue weighted by molar-refractivity contribution is 6.02. The summed E-state index contributed by atoms with van der Waals surface area (Å²) in [7, 11) is 2.13. The number of non-ortho nitro benzene ring substituents is 1. The lowest BCUT2D eigenvalue weighted by Crippen LogP contribution is -2.24. The zero-order valence-electron chi connectivity index (χ0n) is 14.4. The Balaban J connectivity index is 1.77. The first-order valence-electron chi connectivity index (χ1n) is 8.55. The summed E-state index contributed by atoms with van der Waals surface area (Å²) >= 11 is 0. The first-order valence-corrected chi connectivity index (χ1v) is 8.55. The summed E-state index contributed by atoms with van der Waals surface area (Å²) in [6, 6.07) is 16.4. The molecule has 1 aliphatic heterocycles. The van der Waals surface area contributed by atoms with E-state index in [4.69, 9.17) is 0 Å². The third-order valence-electron chi connectivity index (χ3n) is 4.73. The van der Waals surface area contributed by atoms with Gasteiger partial charge in [0.2, 0.25) is 0 Å². The van der Waals surface area contributed by atoms with Crippen LogP contribution < -0.4 is 4.90 Å². The molecule has 0 fully saturated rings. The van der Waals surface area contributed by atoms with Crippen molar-refractivity contribution < 1.29 is 4.92 Å². The second kappa shape index (κ2) is 6.55. The fraction of sp³-hybridized carbons (Fsp3) is 0.200. The minimum atomic E-state index is -0.422. The smallest absolute Gasteiger partial charge is 0.269 e. The van der Waals surface area contributed by atoms with Crippen LogP contribution in [0.1, 0.15) is 12.0 Å². The van der Waals surface area contributed by atoms with Crippen LogP contribution in [0.25, 0.3) is 10.8 Å². The maximum Gasteiger partial charge on any atom is 0.269 e. The van der Waals surface area contributed by atoms with Gasteiger partial charge in [0.1, 0.15) is 0 Å². The summed E-state index contributed by atoms with van der Waals surface area (Å²) in [5.41, 5.74) is 4.03. The number of azo groups is 1. The van der Waals surface area contributed by atoms with Crippen LogP contribution in [0.2, 0.25) is 0 Å². The SMILES string of the molecule is CN1CCCc2cc(N=Nc3ccc([N+](=O)[O-])cc3)c3ccccc3c21. The van der Waals surface area contributed by atoms with Crippen LogP contribution in [0.4, 0.5) is 22.7 Å². The van der Waals surface area contributed by atoms with Gasteiger partial charge in [-0.05, 0) is 36.6 Å². The molecule has 0 atom stereocenters. The largest absolute Gasteiger partial charge is 0.374 e. The van der Waals surface area contributed by atoms with Crippen molar-refractivity contribution in [2.45, 2.75) is 12.8 Å². The minimum Gasteiger partial charge on any atom is -0.374 e. The second-order valence-electron chi connectivity index (χ2n) is 6.45. The van der Waals surface area contributed by atoms with Gasteiger partial charge in [-0.1, -0.05) is 24.3 Å². The zero-order valence-corrected chi connectivity index (χ0v) is 14.4. The van der Waals surface area contributed by atoms with Crippen molar-refractivity contribution >= 4 is 33.5 Å². The van der Waals surface area contributed by atoms with Crippen molar-refractivity contribution in [3.05, 3.63) is 70.3 Å². The van der Waals surface area contributed by atoms with Gasteiger partial charge in [0.05, 0.1) is 16.3 Å². The van der Waals surface area contributed by atoms with Gasteiger partial charge >= 0.3 is 0 Å². The molecule has 130 valence electrons. The maximum atomic E-state index is 10.7. The fourth-order valence-electron chi connectivity index (χ4n) is 3.49. The molecule has 0 saturated carbocycles. The van der Waals surface area contributed by atoms with Gasteiger partial charge in [0, 0.05) is 42.2 Å². The molecule has 3 aromatic rings. The predicted molar refractivity (Wildman–Crippen MR) is 103 cm³/mol. The highest BCUT2D eigenvalue weighted by Crippen LogP contribution is 2.40. The predicted octanol–water partition coefficient (Wildman–Crippen LogP) is 5.55. The summed E-state index contributed by atoms with van der Waals surface area (Å²) < 4.78 is 0. The molecule has 6 nitrogen and oxygen atoms in total. The molecule has 0 aromatic heterocycles. The fourth-order valence-corrected chi connectivity index (χ4v) is 3.49. The molecular weight excluding hydrogens is 328 g/mol. The van der Waals surface area contributed by atoms with Crippen molar-refractivity contribution in [2.75, 3.05) is 18.5 Å². The quantitative estimate of drug-likeness (QED) is 0.355. The lowest BCUT2D eigenvalue weighted by atomic mass is 9.95. The molecule has 3 aromatic carbocycles. The van der Waals surface area contributed by atoms with Crippen LogP contribution in [0.5, 0.6) is 0 Å². The summed E-state index contributed by atoms with van der Waals surface area (Å²) in [5, 5.41) is 21.7. The summed E-state index contributed by atoms with van der Waals surface area (Å²) in [5.74, 6) is 0. The lowest BCUT2D eigenvalue weighted by molar-refractivity contribution is -0.384. The third kappa shape index (κ3) is 2.90. The van der Waals surface area contributed by atoms with Crippen LogP contribution in [-0.2, 0) is 6.42 Å². The Morgan fingerprint density at radius 2 is 1.77 bits per heavy atom. The molecule has 0 saturated heterocycles. The molecule has 1 heterocycles. The molecule has 6 heteroatoms. The molecule has 0 bridgehead atoms. The average molecular weight is 346 g/mol. The number of hydrogen-bond donors (Lipinski definition) is 0. The van der Waals surface area contributed by atoms with Gasteiger partial charge in [-0.25, -0.2) is 0 Å². The van der Waals surface area contributed by atoms with Crippen LogP contribution in [0.3, 0.4) is 0 Å². The minimum absolute atomic E-state index is 0.0474. The Bertz CT molecular complexity index is 1010. The van der Waals surface area contributed by atoms with Gasteiger partial charge in [0.25, 0.3) is 5.69 Å². The van der Waals surface area contributed by atoms with Crippen LogP contribution in [0.15, 0.2) is 64.8 Å². The van der Waals surface area contributed by atoms with Crippen molar-refractivity contribution in [1.29, 1.82) is 0 Å². The summed E-state index contributed by atoms with van der Waals surface area (Å²) in [4.78, 5) is 12.6. The Morgan fingerprint density at radius 1 is 1.04 bits per heavy atom. The summed E-state index contributed by atoms with van der Waals surface area (Å²) in [6.07, 6.45) is 2.16. The van der Waals surface area contributed by atoms with E-state index in [1.54, 1.807) is 12.1 Å². The molecule has 0 spiro atoms. The molecule has 0 aliphatic carbocycles. The van der Waals surface area contributed by atoms with Gasteiger partial charge in [-0.3, -0.25) is 10.1 Å². The number of anilines is 1. The highest BCUT2D eigenvalue weighted by atomic mass is 16.6. The van der Waals surface area contributed by atoms with E-state index < -0.39 is 4.92 Å². The van der Waals surface area contributed by atoms with Gasteiger partial charge < -0.3 is 4.90 Å². The number of nitro benzene ring substituents is 1. The standard InChI is InChI=1S/C20H18N4O2/c1-23-12-4-5-14-13-19(17-6-2-3-7-18(17)20(14)23)22-21-15-8-10-16(11-9-15)24(25)26/h2-3,6-11,13H,4-5,12H2,1H3. The number of aryl methyl sites for hydroxylation is 1. The number of hydrogen-bond acceptors (Lipinski definition) is 5. The zero-order chi connectivity index (χ0) is 18.1. The number of rotatable bonds is 3. The van der Waals surface area contributed by atoms with E-state index in [-0.39, 0.29) is 5.69 Å². The first kappa shape index (κ1) is 16.2. The first-order chi connectivity index (χ1) is 12.6. The molecule has 26 heavy (non-hydrogen) atoms. The monoisotopic (exact) mass is 346 g/mol. The van der Waals surface area contributed by atoms with E-state index in [0.29, 0.717) is 5.69 Å². The Hall–Kier alpha value is -3.28. The van der Waals surface area contributed by atoms with Crippen molar-refractivity contribution in [2.24, 2.45) is 10.2 Å². The number of nitrogens with zero attached hydrogens (tertiary/aromatic N) is 4.